The van der Waals surface area contributed by atoms with Crippen LogP contribution in [0.4, 0.5) is 19.0 Å². The van der Waals surface area contributed by atoms with E-state index < -0.39 is 29.1 Å². The first-order valence-electron chi connectivity index (χ1n) is 12.1. The monoisotopic (exact) mass is 543 g/mol. The van der Waals surface area contributed by atoms with Crippen molar-refractivity contribution in [3.63, 3.8) is 0 Å². The third kappa shape index (κ3) is 4.01. The molecule has 0 bridgehead atoms. The molecule has 0 radical (unpaired) electrons. The summed E-state index contributed by atoms with van der Waals surface area (Å²) in [7, 11) is 1.36. The minimum Gasteiger partial charge on any atom is -0.494 e. The minimum atomic E-state index is -0.769. The number of nitrogen functional groups attached to an aromatic ring is 1. The summed E-state index contributed by atoms with van der Waals surface area (Å²) in [6.07, 6.45) is 2.29. The van der Waals surface area contributed by atoms with Gasteiger partial charge in [-0.25, -0.2) is 32.8 Å². The van der Waals surface area contributed by atoms with Crippen LogP contribution in [-0.4, -0.2) is 36.2 Å². The molecular formula is C28H20F3N7O2. The summed E-state index contributed by atoms with van der Waals surface area (Å²) in [6, 6.07) is 11.6. The Hall–Kier alpha value is -5.26. The van der Waals surface area contributed by atoms with Crippen molar-refractivity contribution < 1.29 is 17.9 Å². The second kappa shape index (κ2) is 9.49. The fraction of sp³-hybridized carbons (Fsp3) is 0.107. The average Bonchev–Trinajstić information content (AvgIpc) is 3.34. The first kappa shape index (κ1) is 25.0. The summed E-state index contributed by atoms with van der Waals surface area (Å²) in [5, 5.41) is 5.08. The molecular weight excluding hydrogens is 523 g/mol. The van der Waals surface area contributed by atoms with Gasteiger partial charge in [-0.2, -0.15) is 5.10 Å². The number of ether oxygens (including phenoxy) is 1. The molecule has 1 unspecified atom stereocenters. The fourth-order valence-electron chi connectivity index (χ4n) is 4.74. The SMILES string of the molecule is COc1ccc(-c2nn(C(C)c3nc4ccc(F)cn4c(=O)c3-c3cccc(F)c3)c3ncnc(N)c23)cc1F. The van der Waals surface area contributed by atoms with Gasteiger partial charge in [0.25, 0.3) is 5.56 Å². The Balaban J connectivity index is 1.63. The molecule has 4 aromatic heterocycles. The molecule has 0 aliphatic carbocycles. The molecule has 6 rings (SSSR count). The number of aromatic nitrogens is 6. The Morgan fingerprint density at radius 3 is 2.55 bits per heavy atom. The number of nitrogens with two attached hydrogens (primary N) is 1. The van der Waals surface area contributed by atoms with Gasteiger partial charge in [-0.05, 0) is 55.0 Å². The van der Waals surface area contributed by atoms with Crippen molar-refractivity contribution in [2.75, 3.05) is 12.8 Å². The molecule has 0 aliphatic rings. The molecule has 200 valence electrons. The average molecular weight is 544 g/mol. The van der Waals surface area contributed by atoms with Gasteiger partial charge in [0.05, 0.1) is 29.8 Å². The Labute approximate surface area is 224 Å². The van der Waals surface area contributed by atoms with Gasteiger partial charge in [-0.3, -0.25) is 9.20 Å². The second-order valence-corrected chi connectivity index (χ2v) is 9.04. The number of benzene rings is 2. The van der Waals surface area contributed by atoms with E-state index in [-0.39, 0.29) is 34.0 Å². The van der Waals surface area contributed by atoms with Crippen LogP contribution in [0, 0.1) is 17.5 Å². The number of methoxy groups -OCH3 is 1. The number of anilines is 1. The van der Waals surface area contributed by atoms with Gasteiger partial charge in [0.2, 0.25) is 0 Å². The summed E-state index contributed by atoms with van der Waals surface area (Å²) in [5.74, 6) is -1.63. The van der Waals surface area contributed by atoms with Gasteiger partial charge in [-0.1, -0.05) is 12.1 Å². The number of halogens is 3. The van der Waals surface area contributed by atoms with Crippen LogP contribution in [0.15, 0.2) is 71.9 Å². The van der Waals surface area contributed by atoms with E-state index in [1.165, 1.54) is 60.6 Å². The smallest absolute Gasteiger partial charge is 0.266 e. The summed E-state index contributed by atoms with van der Waals surface area (Å²) >= 11 is 0. The Kier molecular flexibility index (Phi) is 5.94. The van der Waals surface area contributed by atoms with Crippen LogP contribution in [0.25, 0.3) is 39.1 Å². The topological polar surface area (TPSA) is 113 Å². The molecule has 0 spiro atoms. The van der Waals surface area contributed by atoms with Crippen molar-refractivity contribution in [1.29, 1.82) is 0 Å². The van der Waals surface area contributed by atoms with Crippen molar-refractivity contribution in [2.24, 2.45) is 0 Å². The largest absolute Gasteiger partial charge is 0.494 e. The molecule has 2 aromatic carbocycles. The van der Waals surface area contributed by atoms with E-state index in [0.717, 1.165) is 10.6 Å². The maximum atomic E-state index is 14.6. The van der Waals surface area contributed by atoms with Crippen molar-refractivity contribution in [2.45, 2.75) is 13.0 Å². The third-order valence-electron chi connectivity index (χ3n) is 6.63. The van der Waals surface area contributed by atoms with Gasteiger partial charge < -0.3 is 10.5 Å². The maximum absolute atomic E-state index is 14.6. The van der Waals surface area contributed by atoms with Gasteiger partial charge in [0.1, 0.15) is 35.1 Å². The molecule has 6 aromatic rings. The van der Waals surface area contributed by atoms with E-state index in [1.54, 1.807) is 19.1 Å². The molecule has 2 N–H and O–H groups in total. The highest BCUT2D eigenvalue weighted by Crippen LogP contribution is 2.36. The quantitative estimate of drug-likeness (QED) is 0.333. The summed E-state index contributed by atoms with van der Waals surface area (Å²) in [6.45, 7) is 1.73. The van der Waals surface area contributed by atoms with Crippen molar-refractivity contribution in [3.8, 4) is 28.1 Å². The first-order chi connectivity index (χ1) is 19.3. The lowest BCUT2D eigenvalue weighted by Crippen LogP contribution is -2.23. The zero-order valence-corrected chi connectivity index (χ0v) is 21.1. The van der Waals surface area contributed by atoms with E-state index in [4.69, 9.17) is 15.6 Å². The zero-order chi connectivity index (χ0) is 28.1. The van der Waals surface area contributed by atoms with Gasteiger partial charge in [0, 0.05) is 11.8 Å². The lowest BCUT2D eigenvalue weighted by Gasteiger charge is -2.18. The lowest BCUT2D eigenvalue weighted by atomic mass is 10.0. The number of rotatable bonds is 5. The molecule has 0 saturated heterocycles. The molecule has 4 heterocycles. The van der Waals surface area contributed by atoms with Crippen molar-refractivity contribution in [3.05, 3.63) is 101 Å². The van der Waals surface area contributed by atoms with E-state index in [1.807, 2.05) is 0 Å². The predicted octanol–water partition coefficient (Wildman–Crippen LogP) is 4.79. The molecule has 40 heavy (non-hydrogen) atoms. The fourth-order valence-corrected chi connectivity index (χ4v) is 4.74. The molecule has 0 aliphatic heterocycles. The Morgan fingerprint density at radius 2 is 1.80 bits per heavy atom. The predicted molar refractivity (Wildman–Crippen MR) is 142 cm³/mol. The Morgan fingerprint density at radius 1 is 0.975 bits per heavy atom. The van der Waals surface area contributed by atoms with E-state index >= 15 is 0 Å². The molecule has 9 nitrogen and oxygen atoms in total. The summed E-state index contributed by atoms with van der Waals surface area (Å²) < 4.78 is 50.6. The normalized spacial score (nSPS) is 12.2. The highest BCUT2D eigenvalue weighted by molar-refractivity contribution is 5.98. The molecule has 1 atom stereocenters. The van der Waals surface area contributed by atoms with Crippen LogP contribution in [-0.2, 0) is 0 Å². The van der Waals surface area contributed by atoms with Crippen LogP contribution in [0.3, 0.4) is 0 Å². The van der Waals surface area contributed by atoms with Crippen LogP contribution in [0.1, 0.15) is 18.7 Å². The molecule has 0 amide bonds. The number of hydrogen-bond acceptors (Lipinski definition) is 7. The van der Waals surface area contributed by atoms with Gasteiger partial charge in [0.15, 0.2) is 17.2 Å². The lowest BCUT2D eigenvalue weighted by molar-refractivity contribution is 0.386. The standard InChI is InChI=1S/C28H20F3N7O2/c1-14(24-22(15-4-3-5-17(29)10-15)28(39)37-12-18(30)7-9-21(37)35-24)38-27-23(26(32)33-13-34-27)25(36-38)16-6-8-20(40-2)19(31)11-16/h3-14H,1-2H3,(H2,32,33,34). The third-order valence-corrected chi connectivity index (χ3v) is 6.63. The Bertz CT molecular complexity index is 2000. The summed E-state index contributed by atoms with van der Waals surface area (Å²) in [5.41, 5.74) is 7.33. The second-order valence-electron chi connectivity index (χ2n) is 9.04. The van der Waals surface area contributed by atoms with E-state index in [2.05, 4.69) is 15.0 Å². The first-order valence-corrected chi connectivity index (χ1v) is 12.1. The van der Waals surface area contributed by atoms with Gasteiger partial charge in [-0.15, -0.1) is 0 Å². The highest BCUT2D eigenvalue weighted by Gasteiger charge is 2.26. The van der Waals surface area contributed by atoms with Crippen LogP contribution < -0.4 is 16.0 Å². The minimum absolute atomic E-state index is 0.0535. The number of fused-ring (bicyclic) bond motifs is 2. The number of nitrogens with zero attached hydrogens (tertiary/aromatic N) is 6. The van der Waals surface area contributed by atoms with E-state index in [0.29, 0.717) is 22.3 Å². The molecule has 12 heteroatoms. The van der Waals surface area contributed by atoms with Crippen molar-refractivity contribution in [1.82, 2.24) is 29.1 Å². The van der Waals surface area contributed by atoms with Gasteiger partial charge >= 0.3 is 0 Å². The van der Waals surface area contributed by atoms with Crippen molar-refractivity contribution >= 4 is 22.5 Å². The summed E-state index contributed by atoms with van der Waals surface area (Å²) in [4.78, 5) is 26.8. The highest BCUT2D eigenvalue weighted by atomic mass is 19.1. The molecule has 0 fully saturated rings. The number of pyridine rings is 1. The van der Waals surface area contributed by atoms with E-state index in [9.17, 15) is 18.0 Å². The van der Waals surface area contributed by atoms with Crippen LogP contribution in [0.2, 0.25) is 0 Å². The van der Waals surface area contributed by atoms with Crippen LogP contribution >= 0.6 is 0 Å². The molecule has 0 saturated carbocycles. The number of hydrogen-bond donors (Lipinski definition) is 1. The zero-order valence-electron chi connectivity index (χ0n) is 21.1. The maximum Gasteiger partial charge on any atom is 0.266 e. The van der Waals surface area contributed by atoms with Crippen LogP contribution in [0.5, 0.6) is 5.75 Å².